The molecule has 2 amide bonds. The van der Waals surface area contributed by atoms with Crippen molar-refractivity contribution < 1.29 is 28.2 Å². The maximum atomic E-state index is 13.5. The van der Waals surface area contributed by atoms with Crippen LogP contribution in [0.3, 0.4) is 0 Å². The van der Waals surface area contributed by atoms with Crippen molar-refractivity contribution in [2.24, 2.45) is 0 Å². The van der Waals surface area contributed by atoms with E-state index in [0.29, 0.717) is 19.3 Å². The van der Waals surface area contributed by atoms with Crippen LogP contribution in [0.2, 0.25) is 0 Å². The second-order valence-electron chi connectivity index (χ2n) is 11.6. The molecular formula is C27H33F2N7O5. The number of carbonyl (C=O) groups is 2. The quantitative estimate of drug-likeness (QED) is 0.406. The summed E-state index contributed by atoms with van der Waals surface area (Å²) in [7, 11) is 1.47. The molecule has 3 aromatic heterocycles. The van der Waals surface area contributed by atoms with Crippen molar-refractivity contribution in [3.63, 3.8) is 0 Å². The molecular weight excluding hydrogens is 540 g/mol. The molecule has 0 saturated heterocycles. The third kappa shape index (κ3) is 6.01. The van der Waals surface area contributed by atoms with Gasteiger partial charge in [-0.2, -0.15) is 9.61 Å². The molecule has 3 N–H and O–H groups in total. The Kier molecular flexibility index (Phi) is 7.22. The number of ether oxygens (including phenoxy) is 1. The molecule has 0 aliphatic heterocycles. The molecule has 2 aliphatic carbocycles. The minimum atomic E-state index is -2.79. The molecule has 220 valence electrons. The van der Waals surface area contributed by atoms with Crippen molar-refractivity contribution in [1.82, 2.24) is 24.5 Å². The van der Waals surface area contributed by atoms with E-state index in [1.807, 2.05) is 0 Å². The van der Waals surface area contributed by atoms with Crippen LogP contribution in [0, 0.1) is 0 Å². The molecule has 2 aliphatic rings. The van der Waals surface area contributed by atoms with E-state index in [0.717, 1.165) is 0 Å². The number of nitrogens with zero attached hydrogens (tertiary/aromatic N) is 5. The monoisotopic (exact) mass is 573 g/mol. The predicted octanol–water partition coefficient (Wildman–Crippen LogP) is 3.62. The molecule has 41 heavy (non-hydrogen) atoms. The molecule has 5 rings (SSSR count). The zero-order valence-corrected chi connectivity index (χ0v) is 23.2. The smallest absolute Gasteiger partial charge is 0.415 e. The van der Waals surface area contributed by atoms with Crippen molar-refractivity contribution >= 4 is 35.0 Å². The molecule has 1 unspecified atom stereocenters. The van der Waals surface area contributed by atoms with E-state index in [-0.39, 0.29) is 34.6 Å². The number of carbonyl (C=O) groups excluding carboxylic acids is 2. The number of halogens is 2. The van der Waals surface area contributed by atoms with Crippen molar-refractivity contribution in [3.8, 4) is 0 Å². The Morgan fingerprint density at radius 1 is 1.24 bits per heavy atom. The topological polar surface area (TPSA) is 143 Å². The van der Waals surface area contributed by atoms with Crippen LogP contribution in [0.25, 0.3) is 5.65 Å². The van der Waals surface area contributed by atoms with E-state index >= 15 is 0 Å². The first-order valence-electron chi connectivity index (χ1n) is 13.4. The van der Waals surface area contributed by atoms with Crippen molar-refractivity contribution in [3.05, 3.63) is 46.5 Å². The standard InChI is InChI=1S/C27H33F2N7O5/c1-26(2,3)41-25(40)34(4)21-11-20(32-19-6-5-9-35(24(19)39)16-12-27(28,29)13-16)33-22-18(14-30-36(21)22)23(38)31-15-7-8-17(37)10-15/h5-6,9,11,14-17,37H,7-8,10,12-13H2,1-4H3,(H,31,38)(H,32,33)/t15?,17-/m0/s1. The van der Waals surface area contributed by atoms with Gasteiger partial charge in [-0.25, -0.2) is 18.6 Å². The van der Waals surface area contributed by atoms with E-state index in [4.69, 9.17) is 4.74 Å². The van der Waals surface area contributed by atoms with Crippen LogP contribution in [0.1, 0.15) is 69.3 Å². The first kappa shape index (κ1) is 28.5. The predicted molar refractivity (Wildman–Crippen MR) is 146 cm³/mol. The number of anilines is 3. The van der Waals surface area contributed by atoms with Gasteiger partial charge in [0.1, 0.15) is 28.5 Å². The third-order valence-electron chi connectivity index (χ3n) is 7.15. The number of hydrogen-bond donors (Lipinski definition) is 3. The Bertz CT molecular complexity index is 1540. The molecule has 0 bridgehead atoms. The Morgan fingerprint density at radius 2 is 1.98 bits per heavy atom. The molecule has 0 spiro atoms. The van der Waals surface area contributed by atoms with Crippen LogP contribution < -0.4 is 21.1 Å². The summed E-state index contributed by atoms with van der Waals surface area (Å²) < 4.78 is 35.0. The summed E-state index contributed by atoms with van der Waals surface area (Å²) in [6, 6.07) is 3.70. The normalized spacial score (nSPS) is 20.5. The van der Waals surface area contributed by atoms with E-state index < -0.39 is 54.1 Å². The lowest BCUT2D eigenvalue weighted by atomic mass is 9.88. The number of aromatic nitrogens is 4. The fourth-order valence-corrected chi connectivity index (χ4v) is 5.04. The van der Waals surface area contributed by atoms with Gasteiger partial charge in [0.2, 0.25) is 0 Å². The van der Waals surface area contributed by atoms with Crippen LogP contribution in [-0.2, 0) is 4.74 Å². The lowest BCUT2D eigenvalue weighted by molar-refractivity contribution is -0.104. The Labute approximate surface area is 234 Å². The summed E-state index contributed by atoms with van der Waals surface area (Å²) in [5.74, 6) is -2.95. The number of fused-ring (bicyclic) bond motifs is 1. The zero-order valence-electron chi connectivity index (χ0n) is 23.2. The molecule has 2 atom stereocenters. The fourth-order valence-electron chi connectivity index (χ4n) is 5.04. The van der Waals surface area contributed by atoms with E-state index in [1.165, 1.54) is 45.6 Å². The minimum Gasteiger partial charge on any atom is -0.443 e. The lowest BCUT2D eigenvalue weighted by Gasteiger charge is -2.36. The van der Waals surface area contributed by atoms with Gasteiger partial charge in [0.15, 0.2) is 5.65 Å². The highest BCUT2D eigenvalue weighted by Crippen LogP contribution is 2.44. The van der Waals surface area contributed by atoms with E-state index in [9.17, 15) is 28.3 Å². The third-order valence-corrected chi connectivity index (χ3v) is 7.15. The van der Waals surface area contributed by atoms with Gasteiger partial charge in [-0.3, -0.25) is 14.5 Å². The maximum Gasteiger partial charge on any atom is 0.415 e. The summed E-state index contributed by atoms with van der Waals surface area (Å²) in [4.78, 5) is 45.0. The lowest BCUT2D eigenvalue weighted by Crippen LogP contribution is -2.41. The van der Waals surface area contributed by atoms with Gasteiger partial charge in [-0.05, 0) is 52.2 Å². The van der Waals surface area contributed by atoms with Crippen LogP contribution in [0.5, 0.6) is 0 Å². The largest absolute Gasteiger partial charge is 0.443 e. The second-order valence-corrected chi connectivity index (χ2v) is 11.6. The number of alkyl halides is 2. The van der Waals surface area contributed by atoms with Crippen LogP contribution in [-0.4, -0.2) is 67.0 Å². The number of amides is 2. The van der Waals surface area contributed by atoms with E-state index in [1.54, 1.807) is 26.8 Å². The Balaban J connectivity index is 1.52. The number of rotatable bonds is 6. The number of nitrogens with one attached hydrogen (secondary N) is 2. The summed E-state index contributed by atoms with van der Waals surface area (Å²) >= 11 is 0. The highest BCUT2D eigenvalue weighted by atomic mass is 19.3. The number of aliphatic hydroxyl groups is 1. The molecule has 0 aromatic carbocycles. The minimum absolute atomic E-state index is 0.0795. The molecule has 3 heterocycles. The first-order chi connectivity index (χ1) is 19.2. The van der Waals surface area contributed by atoms with Crippen LogP contribution in [0.4, 0.5) is 30.9 Å². The Morgan fingerprint density at radius 3 is 2.61 bits per heavy atom. The van der Waals surface area contributed by atoms with Gasteiger partial charge in [-0.1, -0.05) is 0 Å². The zero-order chi connectivity index (χ0) is 29.7. The Hall–Kier alpha value is -4.07. The van der Waals surface area contributed by atoms with E-state index in [2.05, 4.69) is 20.7 Å². The van der Waals surface area contributed by atoms with Crippen LogP contribution in [0.15, 0.2) is 35.4 Å². The molecule has 12 nitrogen and oxygen atoms in total. The average Bonchev–Trinajstić information content (AvgIpc) is 3.47. The van der Waals surface area contributed by atoms with Gasteiger partial charge >= 0.3 is 6.09 Å². The first-order valence-corrected chi connectivity index (χ1v) is 13.4. The summed E-state index contributed by atoms with van der Waals surface area (Å²) in [6.07, 6.45) is 2.44. The number of aliphatic hydroxyl groups excluding tert-OH is 1. The molecule has 2 fully saturated rings. The van der Waals surface area contributed by atoms with Crippen molar-refractivity contribution in [2.75, 3.05) is 17.3 Å². The number of pyridine rings is 1. The molecule has 0 radical (unpaired) electrons. The SMILES string of the molecule is CN(C(=O)OC(C)(C)C)c1cc(Nc2cccn(C3CC(F)(F)C3)c2=O)nc2c(C(=O)NC3CC[C@H](O)C3)cnn12. The molecule has 14 heteroatoms. The van der Waals surface area contributed by atoms with Gasteiger partial charge < -0.3 is 25.0 Å². The van der Waals surface area contributed by atoms with Crippen molar-refractivity contribution in [1.29, 1.82) is 0 Å². The average molecular weight is 574 g/mol. The number of hydrogen-bond acceptors (Lipinski definition) is 8. The summed E-state index contributed by atoms with van der Waals surface area (Å²) in [6.45, 7) is 5.17. The van der Waals surface area contributed by atoms with Gasteiger partial charge in [0.25, 0.3) is 17.4 Å². The van der Waals surface area contributed by atoms with Gasteiger partial charge in [-0.15, -0.1) is 0 Å². The molecule has 3 aromatic rings. The fraction of sp³-hybridized carbons (Fsp3) is 0.519. The van der Waals surface area contributed by atoms with Gasteiger partial charge in [0.05, 0.1) is 12.3 Å². The van der Waals surface area contributed by atoms with Gasteiger partial charge in [0, 0.05) is 44.2 Å². The highest BCUT2D eigenvalue weighted by Gasteiger charge is 2.46. The maximum absolute atomic E-state index is 13.5. The summed E-state index contributed by atoms with van der Waals surface area (Å²) in [5.41, 5.74) is -0.992. The summed E-state index contributed by atoms with van der Waals surface area (Å²) in [5, 5.41) is 20.0. The van der Waals surface area contributed by atoms with Crippen LogP contribution >= 0.6 is 0 Å². The molecule has 2 saturated carbocycles. The highest BCUT2D eigenvalue weighted by molar-refractivity contribution is 6.00. The second kappa shape index (κ2) is 10.4. The van der Waals surface area contributed by atoms with Crippen molar-refractivity contribution in [2.45, 2.75) is 82.6 Å².